The predicted octanol–water partition coefficient (Wildman–Crippen LogP) is 5.37. The summed E-state index contributed by atoms with van der Waals surface area (Å²) in [5, 5.41) is 12.4. The number of halogens is 1. The summed E-state index contributed by atoms with van der Waals surface area (Å²) >= 11 is 3.40. The number of nitrogens with one attached hydrogen (secondary N) is 2. The third-order valence-corrected chi connectivity index (χ3v) is 5.72. The summed E-state index contributed by atoms with van der Waals surface area (Å²) in [5.74, 6) is 0.406. The Morgan fingerprint density at radius 3 is 2.40 bits per heavy atom. The molecule has 174 valence electrons. The van der Waals surface area contributed by atoms with E-state index in [1.807, 2.05) is 48.5 Å². The number of ether oxygens (including phenoxy) is 2. The number of H-pyrrole nitrogens is 1. The number of hydrogen-bond donors (Lipinski definition) is 2. The average molecular weight is 530 g/mol. The van der Waals surface area contributed by atoms with E-state index in [1.54, 1.807) is 36.4 Å². The first-order valence-corrected chi connectivity index (χ1v) is 11.4. The second kappa shape index (κ2) is 10.7. The third-order valence-electron chi connectivity index (χ3n) is 5.19. The van der Waals surface area contributed by atoms with Gasteiger partial charge in [-0.1, -0.05) is 52.3 Å². The normalized spacial score (nSPS) is 10.3. The lowest BCUT2D eigenvalue weighted by atomic mass is 9.98. The molecule has 0 saturated carbocycles. The van der Waals surface area contributed by atoms with E-state index in [4.69, 9.17) is 9.47 Å². The zero-order valence-corrected chi connectivity index (χ0v) is 20.3. The molecule has 3 aromatic carbocycles. The summed E-state index contributed by atoms with van der Waals surface area (Å²) in [7, 11) is 1.48. The van der Waals surface area contributed by atoms with Gasteiger partial charge in [-0.2, -0.15) is 5.26 Å². The van der Waals surface area contributed by atoms with Crippen LogP contribution in [0.3, 0.4) is 0 Å². The third kappa shape index (κ3) is 5.60. The number of carbonyl (C=O) groups excluding carboxylic acids is 1. The predicted molar refractivity (Wildman–Crippen MR) is 137 cm³/mol. The Balaban J connectivity index is 1.62. The number of pyridine rings is 1. The van der Waals surface area contributed by atoms with Crippen molar-refractivity contribution < 1.29 is 14.3 Å². The lowest BCUT2D eigenvalue weighted by Crippen LogP contribution is -2.20. The highest BCUT2D eigenvalue weighted by Gasteiger charge is 2.16. The van der Waals surface area contributed by atoms with Crippen LogP contribution in [0.1, 0.15) is 5.56 Å². The van der Waals surface area contributed by atoms with Crippen molar-refractivity contribution in [2.24, 2.45) is 0 Å². The Bertz CT molecular complexity index is 1460. The largest absolute Gasteiger partial charge is 0.493 e. The summed E-state index contributed by atoms with van der Waals surface area (Å²) in [4.78, 5) is 27.7. The molecule has 4 rings (SSSR count). The second-order valence-corrected chi connectivity index (χ2v) is 8.40. The first-order chi connectivity index (χ1) is 17.0. The maximum absolute atomic E-state index is 12.7. The quantitative estimate of drug-likeness (QED) is 0.335. The molecule has 0 fully saturated rings. The number of amides is 1. The monoisotopic (exact) mass is 529 g/mol. The number of aromatic nitrogens is 1. The Morgan fingerprint density at radius 2 is 1.71 bits per heavy atom. The van der Waals surface area contributed by atoms with Gasteiger partial charge in [0.15, 0.2) is 18.1 Å². The minimum atomic E-state index is -0.486. The summed E-state index contributed by atoms with van der Waals surface area (Å²) < 4.78 is 12.0. The molecule has 4 aromatic rings. The van der Waals surface area contributed by atoms with Crippen LogP contribution in [0.2, 0.25) is 0 Å². The summed E-state index contributed by atoms with van der Waals surface area (Å²) in [6.07, 6.45) is 0. The highest BCUT2D eigenvalue weighted by Crippen LogP contribution is 2.34. The van der Waals surface area contributed by atoms with Crippen molar-refractivity contribution in [3.8, 4) is 40.0 Å². The van der Waals surface area contributed by atoms with E-state index in [-0.39, 0.29) is 18.1 Å². The Kier molecular flexibility index (Phi) is 7.29. The average Bonchev–Trinajstić information content (AvgIpc) is 2.88. The number of aromatic amines is 1. The van der Waals surface area contributed by atoms with Crippen LogP contribution in [0.4, 0.5) is 5.69 Å². The van der Waals surface area contributed by atoms with E-state index in [2.05, 4.69) is 26.2 Å². The number of benzene rings is 3. The summed E-state index contributed by atoms with van der Waals surface area (Å²) in [6.45, 7) is -0.216. The van der Waals surface area contributed by atoms with Gasteiger partial charge >= 0.3 is 0 Å². The van der Waals surface area contributed by atoms with Gasteiger partial charge in [0.05, 0.1) is 7.11 Å². The van der Waals surface area contributed by atoms with E-state index >= 15 is 0 Å². The fourth-order valence-electron chi connectivity index (χ4n) is 3.50. The van der Waals surface area contributed by atoms with Crippen molar-refractivity contribution >= 4 is 27.5 Å². The number of nitrogens with zero attached hydrogens (tertiary/aromatic N) is 1. The van der Waals surface area contributed by atoms with Crippen LogP contribution in [-0.4, -0.2) is 24.6 Å². The van der Waals surface area contributed by atoms with Crippen LogP contribution in [0.5, 0.6) is 11.5 Å². The molecule has 1 heterocycles. The van der Waals surface area contributed by atoms with Crippen LogP contribution in [-0.2, 0) is 4.79 Å². The highest BCUT2D eigenvalue weighted by atomic mass is 79.9. The van der Waals surface area contributed by atoms with E-state index < -0.39 is 5.56 Å². The van der Waals surface area contributed by atoms with Crippen LogP contribution < -0.4 is 20.3 Å². The van der Waals surface area contributed by atoms with E-state index in [9.17, 15) is 14.9 Å². The molecule has 1 amide bonds. The highest BCUT2D eigenvalue weighted by molar-refractivity contribution is 9.10. The zero-order chi connectivity index (χ0) is 24.8. The van der Waals surface area contributed by atoms with Gasteiger partial charge in [0, 0.05) is 21.4 Å². The van der Waals surface area contributed by atoms with Crippen LogP contribution in [0, 0.1) is 11.3 Å². The van der Waals surface area contributed by atoms with Gasteiger partial charge in [-0.05, 0) is 53.6 Å². The minimum absolute atomic E-state index is 0.0104. The number of rotatable bonds is 7. The number of hydrogen-bond acceptors (Lipinski definition) is 5. The molecule has 0 atom stereocenters. The van der Waals surface area contributed by atoms with Crippen molar-refractivity contribution in [3.63, 3.8) is 0 Å². The smallest absolute Gasteiger partial charge is 0.266 e. The van der Waals surface area contributed by atoms with Crippen molar-refractivity contribution in [2.45, 2.75) is 0 Å². The van der Waals surface area contributed by atoms with Crippen molar-refractivity contribution in [1.29, 1.82) is 5.26 Å². The Labute approximate surface area is 210 Å². The van der Waals surface area contributed by atoms with Crippen LogP contribution in [0.25, 0.3) is 22.4 Å². The minimum Gasteiger partial charge on any atom is -0.493 e. The molecule has 0 radical (unpaired) electrons. The fraction of sp³-hybridized carbons (Fsp3) is 0.0741. The molecule has 0 aliphatic rings. The lowest BCUT2D eigenvalue weighted by Gasteiger charge is -2.14. The van der Waals surface area contributed by atoms with E-state index in [0.717, 1.165) is 10.0 Å². The molecule has 7 nitrogen and oxygen atoms in total. The van der Waals surface area contributed by atoms with Crippen LogP contribution in [0.15, 0.2) is 88.1 Å². The molecule has 2 N–H and O–H groups in total. The first-order valence-electron chi connectivity index (χ1n) is 10.6. The van der Waals surface area contributed by atoms with Crippen molar-refractivity contribution in [2.75, 3.05) is 19.0 Å². The zero-order valence-electron chi connectivity index (χ0n) is 18.7. The number of carbonyl (C=O) groups is 1. The number of anilines is 1. The molecule has 35 heavy (non-hydrogen) atoms. The standard InChI is InChI=1S/C27H20BrN3O4/c1-34-25-13-18(9-12-24(25)35-16-26(32)30-20-5-3-2-4-6-20)21-14-23(31-27(33)22(21)15-29)17-7-10-19(28)11-8-17/h2-14H,16H2,1H3,(H,30,32)(H,31,33). The Morgan fingerprint density at radius 1 is 1.00 bits per heavy atom. The first kappa shape index (κ1) is 23.8. The maximum Gasteiger partial charge on any atom is 0.266 e. The molecule has 0 spiro atoms. The number of nitriles is 1. The topological polar surface area (TPSA) is 104 Å². The van der Waals surface area contributed by atoms with Gasteiger partial charge in [0.25, 0.3) is 11.5 Å². The molecule has 0 unspecified atom stereocenters. The van der Waals surface area contributed by atoms with Gasteiger partial charge in [0.2, 0.25) is 0 Å². The maximum atomic E-state index is 12.7. The molecular formula is C27H20BrN3O4. The fourth-order valence-corrected chi connectivity index (χ4v) is 3.76. The lowest BCUT2D eigenvalue weighted by molar-refractivity contribution is -0.118. The summed E-state index contributed by atoms with van der Waals surface area (Å²) in [6, 6.07) is 25.3. The van der Waals surface area contributed by atoms with Gasteiger partial charge in [0.1, 0.15) is 11.6 Å². The van der Waals surface area contributed by atoms with Crippen LogP contribution >= 0.6 is 15.9 Å². The van der Waals surface area contributed by atoms with Gasteiger partial charge in [-0.25, -0.2) is 0 Å². The Hall–Kier alpha value is -4.35. The summed E-state index contributed by atoms with van der Waals surface area (Å²) in [5.41, 5.74) is 2.61. The van der Waals surface area contributed by atoms with Gasteiger partial charge < -0.3 is 19.8 Å². The van der Waals surface area contributed by atoms with E-state index in [1.165, 1.54) is 7.11 Å². The molecule has 1 aromatic heterocycles. The SMILES string of the molecule is COc1cc(-c2cc(-c3ccc(Br)cc3)[nH]c(=O)c2C#N)ccc1OCC(=O)Nc1ccccc1. The van der Waals surface area contributed by atoms with Gasteiger partial charge in [-0.15, -0.1) is 0 Å². The molecular weight excluding hydrogens is 510 g/mol. The molecule has 0 aliphatic heterocycles. The second-order valence-electron chi connectivity index (χ2n) is 7.49. The number of methoxy groups -OCH3 is 1. The number of para-hydroxylation sites is 1. The van der Waals surface area contributed by atoms with E-state index in [0.29, 0.717) is 34.0 Å². The van der Waals surface area contributed by atoms with Crippen molar-refractivity contribution in [3.05, 3.63) is 99.3 Å². The molecule has 8 heteroatoms. The van der Waals surface area contributed by atoms with Crippen molar-refractivity contribution in [1.82, 2.24) is 4.98 Å². The van der Waals surface area contributed by atoms with Gasteiger partial charge in [-0.3, -0.25) is 9.59 Å². The molecule has 0 aliphatic carbocycles. The molecule has 0 bridgehead atoms. The molecule has 0 saturated heterocycles.